The van der Waals surface area contributed by atoms with E-state index in [2.05, 4.69) is 5.32 Å². The molecule has 3 rings (SSSR count). The van der Waals surface area contributed by atoms with Crippen LogP contribution in [0.1, 0.15) is 25.8 Å². The molecule has 208 valence electrons. The van der Waals surface area contributed by atoms with Gasteiger partial charge in [0, 0.05) is 23.1 Å². The maximum absolute atomic E-state index is 14.0. The van der Waals surface area contributed by atoms with Crippen molar-refractivity contribution in [3.8, 4) is 0 Å². The Bertz CT molecular complexity index is 1420. The van der Waals surface area contributed by atoms with Crippen molar-refractivity contribution in [1.82, 2.24) is 10.2 Å². The van der Waals surface area contributed by atoms with E-state index in [-0.39, 0.29) is 44.5 Å². The van der Waals surface area contributed by atoms with Gasteiger partial charge in [-0.3, -0.25) is 13.9 Å². The summed E-state index contributed by atoms with van der Waals surface area (Å²) < 4.78 is 28.5. The van der Waals surface area contributed by atoms with E-state index in [1.807, 2.05) is 0 Å². The summed E-state index contributed by atoms with van der Waals surface area (Å²) in [4.78, 5) is 28.2. The fourth-order valence-electron chi connectivity index (χ4n) is 3.98. The van der Waals surface area contributed by atoms with Crippen LogP contribution in [-0.2, 0) is 26.2 Å². The van der Waals surface area contributed by atoms with Crippen molar-refractivity contribution in [3.05, 3.63) is 92.4 Å². The van der Waals surface area contributed by atoms with Crippen LogP contribution in [0.2, 0.25) is 20.1 Å². The van der Waals surface area contributed by atoms with Gasteiger partial charge in [-0.05, 0) is 61.4 Å². The molecule has 1 atom stereocenters. The SMILES string of the molecule is CCNC(=O)[C@H](CC)N(Cc1ccc(Cl)c(Cl)c1)C(=O)CN(c1cc(Cl)cc(Cl)c1)S(=O)(=O)c1ccccc1. The highest BCUT2D eigenvalue weighted by molar-refractivity contribution is 7.92. The second-order valence-corrected chi connectivity index (χ2v) is 12.1. The molecule has 0 fully saturated rings. The number of rotatable bonds is 11. The van der Waals surface area contributed by atoms with E-state index in [1.165, 1.54) is 35.2 Å². The second kappa shape index (κ2) is 13.7. The van der Waals surface area contributed by atoms with Gasteiger partial charge in [-0.1, -0.05) is 77.6 Å². The van der Waals surface area contributed by atoms with Gasteiger partial charge < -0.3 is 10.2 Å². The normalized spacial score (nSPS) is 12.1. The average Bonchev–Trinajstić information content (AvgIpc) is 2.89. The molecule has 0 saturated carbocycles. The summed E-state index contributed by atoms with van der Waals surface area (Å²) in [5.74, 6) is -0.980. The first-order valence-corrected chi connectivity index (χ1v) is 15.0. The molecule has 0 spiro atoms. The van der Waals surface area contributed by atoms with Crippen molar-refractivity contribution in [2.75, 3.05) is 17.4 Å². The molecule has 0 aliphatic rings. The van der Waals surface area contributed by atoms with Crippen molar-refractivity contribution in [2.24, 2.45) is 0 Å². The number of hydrogen-bond acceptors (Lipinski definition) is 4. The van der Waals surface area contributed by atoms with E-state index in [0.717, 1.165) is 4.31 Å². The third-order valence-electron chi connectivity index (χ3n) is 5.82. The summed E-state index contributed by atoms with van der Waals surface area (Å²) >= 11 is 24.6. The average molecular weight is 631 g/mol. The smallest absolute Gasteiger partial charge is 0.264 e. The Morgan fingerprint density at radius 1 is 0.872 bits per heavy atom. The Labute approximate surface area is 248 Å². The third-order valence-corrected chi connectivity index (χ3v) is 8.78. The predicted octanol–water partition coefficient (Wildman–Crippen LogP) is 6.44. The lowest BCUT2D eigenvalue weighted by Gasteiger charge is -2.33. The molecular weight excluding hydrogens is 604 g/mol. The number of likely N-dealkylation sites (N-methyl/N-ethyl adjacent to an activating group) is 1. The van der Waals surface area contributed by atoms with Crippen LogP contribution in [0.15, 0.2) is 71.6 Å². The van der Waals surface area contributed by atoms with E-state index in [4.69, 9.17) is 46.4 Å². The minimum absolute atomic E-state index is 0.0130. The molecule has 0 bridgehead atoms. The van der Waals surface area contributed by atoms with Crippen molar-refractivity contribution < 1.29 is 18.0 Å². The number of carbonyl (C=O) groups excluding carboxylic acids is 2. The summed E-state index contributed by atoms with van der Waals surface area (Å²) in [7, 11) is -4.23. The van der Waals surface area contributed by atoms with Crippen molar-refractivity contribution in [2.45, 2.75) is 37.8 Å². The van der Waals surface area contributed by atoms with Crippen molar-refractivity contribution in [1.29, 1.82) is 0 Å². The van der Waals surface area contributed by atoms with Crippen molar-refractivity contribution >= 4 is 73.9 Å². The molecule has 0 aliphatic heterocycles. The number of hydrogen-bond donors (Lipinski definition) is 1. The minimum atomic E-state index is -4.23. The molecular formula is C27H27Cl4N3O4S. The Hall–Kier alpha value is -2.49. The third kappa shape index (κ3) is 7.80. The maximum Gasteiger partial charge on any atom is 0.264 e. The molecule has 1 N–H and O–H groups in total. The van der Waals surface area contributed by atoms with Gasteiger partial charge in [0.25, 0.3) is 10.0 Å². The Morgan fingerprint density at radius 2 is 1.51 bits per heavy atom. The van der Waals surface area contributed by atoms with Crippen LogP contribution in [0, 0.1) is 0 Å². The van der Waals surface area contributed by atoms with Gasteiger partial charge in [0.2, 0.25) is 11.8 Å². The predicted molar refractivity (Wildman–Crippen MR) is 157 cm³/mol. The number of nitrogens with zero attached hydrogens (tertiary/aromatic N) is 2. The zero-order valence-corrected chi connectivity index (χ0v) is 25.0. The number of nitrogens with one attached hydrogen (secondary N) is 1. The molecule has 0 aliphatic carbocycles. The van der Waals surface area contributed by atoms with Crippen LogP contribution in [0.4, 0.5) is 5.69 Å². The van der Waals surface area contributed by atoms with Gasteiger partial charge in [0.1, 0.15) is 12.6 Å². The number of halogens is 4. The Balaban J connectivity index is 2.09. The van der Waals surface area contributed by atoms with E-state index >= 15 is 0 Å². The second-order valence-electron chi connectivity index (χ2n) is 8.54. The monoisotopic (exact) mass is 629 g/mol. The number of amides is 2. The first-order valence-electron chi connectivity index (χ1n) is 12.0. The highest BCUT2D eigenvalue weighted by Gasteiger charge is 2.33. The summed E-state index contributed by atoms with van der Waals surface area (Å²) in [6.45, 7) is 3.27. The van der Waals surface area contributed by atoms with Gasteiger partial charge in [0.15, 0.2) is 0 Å². The molecule has 0 unspecified atom stereocenters. The fraction of sp³-hybridized carbons (Fsp3) is 0.259. The van der Waals surface area contributed by atoms with Crippen LogP contribution in [0.5, 0.6) is 0 Å². The van der Waals surface area contributed by atoms with Gasteiger partial charge in [-0.2, -0.15) is 0 Å². The quantitative estimate of drug-likeness (QED) is 0.264. The zero-order valence-electron chi connectivity index (χ0n) is 21.2. The summed E-state index contributed by atoms with van der Waals surface area (Å²) in [5.41, 5.74) is 0.717. The number of anilines is 1. The van der Waals surface area contributed by atoms with Gasteiger partial charge in [-0.15, -0.1) is 0 Å². The first-order chi connectivity index (χ1) is 18.5. The molecule has 0 saturated heterocycles. The van der Waals surface area contributed by atoms with Gasteiger partial charge in [0.05, 0.1) is 20.6 Å². The van der Waals surface area contributed by atoms with E-state index in [9.17, 15) is 18.0 Å². The van der Waals surface area contributed by atoms with Crippen LogP contribution >= 0.6 is 46.4 Å². The first kappa shape index (κ1) is 31.0. The Morgan fingerprint density at radius 3 is 2.08 bits per heavy atom. The molecule has 0 heterocycles. The van der Waals surface area contributed by atoms with Gasteiger partial charge >= 0.3 is 0 Å². The molecule has 12 heteroatoms. The fourth-order valence-corrected chi connectivity index (χ4v) is 6.23. The zero-order chi connectivity index (χ0) is 28.7. The lowest BCUT2D eigenvalue weighted by molar-refractivity contribution is -0.140. The summed E-state index contributed by atoms with van der Waals surface area (Å²) in [6.07, 6.45) is 0.285. The number of benzene rings is 3. The van der Waals surface area contributed by atoms with Crippen LogP contribution in [0.3, 0.4) is 0 Å². The highest BCUT2D eigenvalue weighted by Crippen LogP contribution is 2.30. The molecule has 39 heavy (non-hydrogen) atoms. The van der Waals surface area contributed by atoms with Crippen LogP contribution < -0.4 is 9.62 Å². The number of carbonyl (C=O) groups is 2. The minimum Gasteiger partial charge on any atom is -0.355 e. The van der Waals surface area contributed by atoms with E-state index in [1.54, 1.807) is 50.2 Å². The highest BCUT2D eigenvalue weighted by atomic mass is 35.5. The lowest BCUT2D eigenvalue weighted by atomic mass is 10.1. The van der Waals surface area contributed by atoms with Gasteiger partial charge in [-0.25, -0.2) is 8.42 Å². The molecule has 2 amide bonds. The summed E-state index contributed by atoms with van der Waals surface area (Å²) in [5, 5.41) is 3.76. The topological polar surface area (TPSA) is 86.8 Å². The van der Waals surface area contributed by atoms with Crippen molar-refractivity contribution in [3.63, 3.8) is 0 Å². The maximum atomic E-state index is 14.0. The number of sulfonamides is 1. The van der Waals surface area contributed by atoms with Crippen LogP contribution in [0.25, 0.3) is 0 Å². The standard InChI is InChI=1S/C27H27Cl4N3O4S/c1-3-25(27(36)32-4-2)33(16-18-10-11-23(30)24(31)12-18)26(35)17-34(21-14-19(28)13-20(29)15-21)39(37,38)22-8-6-5-7-9-22/h5-15,25H,3-4,16-17H2,1-2H3,(H,32,36)/t25-/m0/s1. The molecule has 0 radical (unpaired) electrons. The largest absolute Gasteiger partial charge is 0.355 e. The Kier molecular flexibility index (Phi) is 10.9. The molecule has 7 nitrogen and oxygen atoms in total. The molecule has 3 aromatic rings. The van der Waals surface area contributed by atoms with Crippen LogP contribution in [-0.4, -0.2) is 44.3 Å². The lowest BCUT2D eigenvalue weighted by Crippen LogP contribution is -2.52. The van der Waals surface area contributed by atoms with E-state index in [0.29, 0.717) is 17.1 Å². The van der Waals surface area contributed by atoms with E-state index < -0.39 is 28.5 Å². The molecule has 3 aromatic carbocycles. The summed E-state index contributed by atoms with van der Waals surface area (Å²) in [6, 6.07) is 16.0. The molecule has 0 aromatic heterocycles.